The van der Waals surface area contributed by atoms with Crippen molar-refractivity contribution in [3.05, 3.63) is 44.8 Å². The van der Waals surface area contributed by atoms with Gasteiger partial charge < -0.3 is 19.5 Å². The zero-order valence-corrected chi connectivity index (χ0v) is 19.0. The van der Waals surface area contributed by atoms with E-state index in [-0.39, 0.29) is 35.3 Å². The van der Waals surface area contributed by atoms with E-state index in [1.165, 1.54) is 0 Å². The third-order valence-electron chi connectivity index (χ3n) is 4.46. The lowest BCUT2D eigenvalue weighted by Gasteiger charge is -2.12. The number of rotatable bonds is 8. The SMILES string of the molecule is CCOC(=O)c1sc(NC(=O)COc2cc(C)cc(C)c2C)c(C(=O)OCC)c1C. The first kappa shape index (κ1) is 23.4. The Morgan fingerprint density at radius 3 is 2.20 bits per heavy atom. The molecule has 0 aliphatic heterocycles. The van der Waals surface area contributed by atoms with Crippen LogP contribution in [0.15, 0.2) is 12.1 Å². The lowest BCUT2D eigenvalue weighted by atomic mass is 10.1. The Kier molecular flexibility index (Phi) is 8.00. The zero-order valence-electron chi connectivity index (χ0n) is 18.1. The molecule has 1 heterocycles. The Hall–Kier alpha value is -2.87. The summed E-state index contributed by atoms with van der Waals surface area (Å²) in [5.41, 5.74) is 3.63. The fourth-order valence-corrected chi connectivity index (χ4v) is 4.00. The van der Waals surface area contributed by atoms with Gasteiger partial charge in [-0.15, -0.1) is 11.3 Å². The van der Waals surface area contributed by atoms with Gasteiger partial charge in [-0.05, 0) is 69.9 Å². The van der Waals surface area contributed by atoms with Crippen molar-refractivity contribution in [2.24, 2.45) is 0 Å². The minimum absolute atomic E-state index is 0.154. The van der Waals surface area contributed by atoms with Crippen LogP contribution in [0.3, 0.4) is 0 Å². The Morgan fingerprint density at radius 2 is 1.57 bits per heavy atom. The normalized spacial score (nSPS) is 10.5. The molecule has 0 fully saturated rings. The van der Waals surface area contributed by atoms with E-state index in [9.17, 15) is 14.4 Å². The van der Waals surface area contributed by atoms with E-state index in [2.05, 4.69) is 5.32 Å². The molecule has 0 atom stereocenters. The Morgan fingerprint density at radius 1 is 0.933 bits per heavy atom. The van der Waals surface area contributed by atoms with Crippen LogP contribution in [0.4, 0.5) is 5.00 Å². The fourth-order valence-electron chi connectivity index (χ4n) is 2.90. The van der Waals surface area contributed by atoms with Gasteiger partial charge >= 0.3 is 11.9 Å². The van der Waals surface area contributed by atoms with Crippen molar-refractivity contribution in [2.45, 2.75) is 41.5 Å². The minimum Gasteiger partial charge on any atom is -0.483 e. The van der Waals surface area contributed by atoms with E-state index < -0.39 is 17.8 Å². The van der Waals surface area contributed by atoms with E-state index in [1.807, 2.05) is 32.9 Å². The number of thiophene rings is 1. The molecule has 162 valence electrons. The van der Waals surface area contributed by atoms with Gasteiger partial charge in [-0.1, -0.05) is 6.07 Å². The molecule has 0 bridgehead atoms. The van der Waals surface area contributed by atoms with Crippen molar-refractivity contribution < 1.29 is 28.6 Å². The van der Waals surface area contributed by atoms with Crippen LogP contribution in [0.1, 0.15) is 56.1 Å². The summed E-state index contributed by atoms with van der Waals surface area (Å²) in [5.74, 6) is -0.977. The number of ether oxygens (including phenoxy) is 3. The van der Waals surface area contributed by atoms with Crippen molar-refractivity contribution in [1.29, 1.82) is 0 Å². The van der Waals surface area contributed by atoms with E-state index in [0.717, 1.165) is 28.0 Å². The van der Waals surface area contributed by atoms with Crippen LogP contribution < -0.4 is 10.1 Å². The molecule has 0 saturated carbocycles. The van der Waals surface area contributed by atoms with E-state index in [0.29, 0.717) is 11.3 Å². The molecule has 30 heavy (non-hydrogen) atoms. The molecule has 0 aliphatic carbocycles. The molecular weight excluding hydrogens is 406 g/mol. The molecule has 2 rings (SSSR count). The monoisotopic (exact) mass is 433 g/mol. The van der Waals surface area contributed by atoms with Crippen LogP contribution in [0, 0.1) is 27.7 Å². The topological polar surface area (TPSA) is 90.9 Å². The van der Waals surface area contributed by atoms with Crippen LogP contribution in [-0.2, 0) is 14.3 Å². The van der Waals surface area contributed by atoms with Crippen molar-refractivity contribution >= 4 is 34.2 Å². The molecule has 2 aromatic rings. The third kappa shape index (κ3) is 5.38. The molecule has 1 aromatic carbocycles. The largest absolute Gasteiger partial charge is 0.483 e. The molecule has 0 aliphatic rings. The number of esters is 2. The molecule has 0 spiro atoms. The summed E-state index contributed by atoms with van der Waals surface area (Å²) in [6.45, 7) is 11.0. The molecule has 1 N–H and O–H groups in total. The maximum atomic E-state index is 12.5. The van der Waals surface area contributed by atoms with Crippen molar-refractivity contribution in [2.75, 3.05) is 25.1 Å². The predicted molar refractivity (Wildman–Crippen MR) is 116 cm³/mol. The van der Waals surface area contributed by atoms with Gasteiger partial charge in [0.15, 0.2) is 6.61 Å². The molecule has 1 amide bonds. The first-order valence-electron chi connectivity index (χ1n) is 9.67. The van der Waals surface area contributed by atoms with Gasteiger partial charge in [-0.3, -0.25) is 4.79 Å². The fraction of sp³-hybridized carbons (Fsp3) is 0.409. The van der Waals surface area contributed by atoms with Gasteiger partial charge in [0.05, 0.1) is 18.8 Å². The van der Waals surface area contributed by atoms with Gasteiger partial charge in [0.2, 0.25) is 0 Å². The highest BCUT2D eigenvalue weighted by molar-refractivity contribution is 7.18. The average Bonchev–Trinajstić information content (AvgIpc) is 2.99. The highest BCUT2D eigenvalue weighted by Crippen LogP contribution is 2.34. The summed E-state index contributed by atoms with van der Waals surface area (Å²) in [5, 5.41) is 2.91. The number of carbonyl (C=O) groups excluding carboxylic acids is 3. The standard InChI is InChI=1S/C22H27NO6S/c1-7-27-21(25)18-15(6)19(22(26)28-8-2)30-20(18)23-17(24)11-29-16-10-12(3)9-13(4)14(16)5/h9-10H,7-8,11H2,1-6H3,(H,23,24). The maximum Gasteiger partial charge on any atom is 0.348 e. The predicted octanol–water partition coefficient (Wildman–Crippen LogP) is 4.35. The maximum absolute atomic E-state index is 12.5. The number of carbonyl (C=O) groups is 3. The number of aryl methyl sites for hydroxylation is 2. The third-order valence-corrected chi connectivity index (χ3v) is 5.65. The van der Waals surface area contributed by atoms with Crippen LogP contribution in [-0.4, -0.2) is 37.7 Å². The summed E-state index contributed by atoms with van der Waals surface area (Å²) < 4.78 is 15.8. The number of hydrogen-bond donors (Lipinski definition) is 1. The lowest BCUT2D eigenvalue weighted by molar-refractivity contribution is -0.118. The summed E-state index contributed by atoms with van der Waals surface area (Å²) >= 11 is 0.984. The summed E-state index contributed by atoms with van der Waals surface area (Å²) in [6, 6.07) is 3.91. The smallest absolute Gasteiger partial charge is 0.348 e. The number of anilines is 1. The molecule has 8 heteroatoms. The number of hydrogen-bond acceptors (Lipinski definition) is 7. The molecular formula is C22H27NO6S. The van der Waals surface area contributed by atoms with Crippen molar-refractivity contribution in [3.63, 3.8) is 0 Å². The first-order chi connectivity index (χ1) is 14.2. The van der Waals surface area contributed by atoms with Gasteiger partial charge in [0, 0.05) is 0 Å². The summed E-state index contributed by atoms with van der Waals surface area (Å²) in [7, 11) is 0. The molecule has 0 unspecified atom stereocenters. The number of benzene rings is 1. The van der Waals surface area contributed by atoms with E-state index in [1.54, 1.807) is 20.8 Å². The molecule has 0 saturated heterocycles. The van der Waals surface area contributed by atoms with Crippen LogP contribution in [0.2, 0.25) is 0 Å². The average molecular weight is 434 g/mol. The number of nitrogens with one attached hydrogen (secondary N) is 1. The highest BCUT2D eigenvalue weighted by Gasteiger charge is 2.27. The van der Waals surface area contributed by atoms with E-state index in [4.69, 9.17) is 14.2 Å². The van der Waals surface area contributed by atoms with E-state index >= 15 is 0 Å². The zero-order chi connectivity index (χ0) is 22.4. The van der Waals surface area contributed by atoms with Crippen molar-refractivity contribution in [3.8, 4) is 5.75 Å². The molecule has 1 aromatic heterocycles. The number of amides is 1. The van der Waals surface area contributed by atoms with Crippen LogP contribution in [0.5, 0.6) is 5.75 Å². The minimum atomic E-state index is -0.608. The quantitative estimate of drug-likeness (QED) is 0.622. The highest BCUT2D eigenvalue weighted by atomic mass is 32.1. The van der Waals surface area contributed by atoms with Gasteiger partial charge in [-0.25, -0.2) is 9.59 Å². The second kappa shape index (κ2) is 10.2. The molecule has 0 radical (unpaired) electrons. The Labute approximate surface area is 180 Å². The van der Waals surface area contributed by atoms with Crippen molar-refractivity contribution in [1.82, 2.24) is 0 Å². The van der Waals surface area contributed by atoms with Gasteiger partial charge in [-0.2, -0.15) is 0 Å². The van der Waals surface area contributed by atoms with Crippen LogP contribution >= 0.6 is 11.3 Å². The Bertz CT molecular complexity index is 963. The summed E-state index contributed by atoms with van der Waals surface area (Å²) in [4.78, 5) is 37.4. The second-order valence-electron chi connectivity index (χ2n) is 6.74. The van der Waals surface area contributed by atoms with Gasteiger partial charge in [0.1, 0.15) is 15.6 Å². The van der Waals surface area contributed by atoms with Gasteiger partial charge in [0.25, 0.3) is 5.91 Å². The second-order valence-corrected chi connectivity index (χ2v) is 7.76. The lowest BCUT2D eigenvalue weighted by Crippen LogP contribution is -2.21. The Balaban J connectivity index is 2.23. The first-order valence-corrected chi connectivity index (χ1v) is 10.5. The summed E-state index contributed by atoms with van der Waals surface area (Å²) in [6.07, 6.45) is 0. The molecule has 7 nitrogen and oxygen atoms in total. The van der Waals surface area contributed by atoms with Crippen LogP contribution in [0.25, 0.3) is 0 Å².